The fraction of sp³-hybridized carbons (Fsp3) is 0.235. The summed E-state index contributed by atoms with van der Waals surface area (Å²) in [6.45, 7) is 0.607. The number of ether oxygens (including phenoxy) is 1. The smallest absolute Gasteiger partial charge is 0.279 e. The van der Waals surface area contributed by atoms with Crippen LogP contribution in [0, 0.1) is 11.6 Å². The van der Waals surface area contributed by atoms with Gasteiger partial charge in [0.1, 0.15) is 23.9 Å². The molecule has 0 radical (unpaired) electrons. The molecule has 0 aliphatic heterocycles. The number of anilines is 1. The summed E-state index contributed by atoms with van der Waals surface area (Å²) in [6.07, 6.45) is 0. The maximum Gasteiger partial charge on any atom is 0.279 e. The van der Waals surface area contributed by atoms with E-state index in [0.29, 0.717) is 17.3 Å². The zero-order valence-corrected chi connectivity index (χ0v) is 14.1. The molecule has 2 N–H and O–H groups in total. The molecule has 0 bridgehead atoms. The second-order valence-corrected chi connectivity index (χ2v) is 5.88. The minimum Gasteiger partial charge on any atom is -0.496 e. The van der Waals surface area contributed by atoms with Gasteiger partial charge in [-0.05, 0) is 30.3 Å². The number of halogens is 3. The van der Waals surface area contributed by atoms with Crippen molar-refractivity contribution in [3.05, 3.63) is 58.6 Å². The molecule has 128 valence electrons. The molecule has 0 aromatic heterocycles. The summed E-state index contributed by atoms with van der Waals surface area (Å²) >= 11 is 5.98. The van der Waals surface area contributed by atoms with Crippen molar-refractivity contribution in [2.75, 3.05) is 26.0 Å². The van der Waals surface area contributed by atoms with Gasteiger partial charge in [-0.15, -0.1) is 0 Å². The third kappa shape index (κ3) is 4.91. The van der Waals surface area contributed by atoms with E-state index in [0.717, 1.165) is 22.6 Å². The van der Waals surface area contributed by atoms with Crippen molar-refractivity contribution >= 4 is 23.2 Å². The standard InChI is InChI=1S/C17H17ClF2N2O2/c1-22(9-11-7-12(18)3-6-16(11)24-2)10-17(23)21-15-5-4-13(19)8-14(15)20/h3-8H,9-10H2,1-2H3,(H,21,23)/p+1. The molecule has 0 saturated heterocycles. The summed E-state index contributed by atoms with van der Waals surface area (Å²) in [5.41, 5.74) is 0.817. The first-order chi connectivity index (χ1) is 11.4. The second kappa shape index (κ2) is 8.08. The lowest BCUT2D eigenvalue weighted by Gasteiger charge is -2.16. The monoisotopic (exact) mass is 355 g/mol. The Morgan fingerprint density at radius 2 is 2.00 bits per heavy atom. The maximum absolute atomic E-state index is 13.5. The summed E-state index contributed by atoms with van der Waals surface area (Å²) in [4.78, 5) is 12.9. The Bertz CT molecular complexity index is 741. The van der Waals surface area contributed by atoms with Crippen LogP contribution < -0.4 is 15.0 Å². The number of hydrogen-bond donors (Lipinski definition) is 2. The lowest BCUT2D eigenvalue weighted by Crippen LogP contribution is -3.08. The molecule has 1 amide bonds. The molecule has 0 saturated carbocycles. The maximum atomic E-state index is 13.5. The number of amides is 1. The number of methoxy groups -OCH3 is 1. The van der Waals surface area contributed by atoms with Gasteiger partial charge in [0.25, 0.3) is 5.91 Å². The van der Waals surface area contributed by atoms with E-state index in [4.69, 9.17) is 16.3 Å². The molecule has 0 aliphatic rings. The van der Waals surface area contributed by atoms with Gasteiger partial charge in [-0.1, -0.05) is 11.6 Å². The van der Waals surface area contributed by atoms with Crippen LogP contribution in [0.4, 0.5) is 14.5 Å². The van der Waals surface area contributed by atoms with Crippen LogP contribution >= 0.6 is 11.6 Å². The number of carbonyl (C=O) groups excluding carboxylic acids is 1. The minimum atomic E-state index is -0.808. The van der Waals surface area contributed by atoms with Crippen LogP contribution in [0.3, 0.4) is 0 Å². The van der Waals surface area contributed by atoms with Crippen molar-refractivity contribution in [3.8, 4) is 5.75 Å². The van der Waals surface area contributed by atoms with E-state index in [1.54, 1.807) is 25.3 Å². The van der Waals surface area contributed by atoms with Crippen LogP contribution in [0.1, 0.15) is 5.56 Å². The predicted molar refractivity (Wildman–Crippen MR) is 88.4 cm³/mol. The van der Waals surface area contributed by atoms with E-state index < -0.39 is 11.6 Å². The normalized spacial score (nSPS) is 11.9. The van der Waals surface area contributed by atoms with Crippen molar-refractivity contribution in [2.24, 2.45) is 0 Å². The topological polar surface area (TPSA) is 42.8 Å². The first-order valence-electron chi connectivity index (χ1n) is 7.27. The zero-order chi connectivity index (χ0) is 17.7. The van der Waals surface area contributed by atoms with E-state index in [1.165, 1.54) is 6.07 Å². The quantitative estimate of drug-likeness (QED) is 0.835. The zero-order valence-electron chi connectivity index (χ0n) is 13.3. The fourth-order valence-electron chi connectivity index (χ4n) is 2.33. The van der Waals surface area contributed by atoms with Gasteiger partial charge in [-0.25, -0.2) is 8.78 Å². The Balaban J connectivity index is 1.98. The van der Waals surface area contributed by atoms with Crippen LogP contribution in [-0.2, 0) is 11.3 Å². The third-order valence-electron chi connectivity index (χ3n) is 3.40. The minimum absolute atomic E-state index is 0.0467. The Morgan fingerprint density at radius 1 is 1.25 bits per heavy atom. The number of carbonyl (C=O) groups is 1. The first kappa shape index (κ1) is 18.2. The van der Waals surface area contributed by atoms with Gasteiger partial charge in [-0.2, -0.15) is 0 Å². The highest BCUT2D eigenvalue weighted by Gasteiger charge is 2.15. The average molecular weight is 356 g/mol. The highest BCUT2D eigenvalue weighted by molar-refractivity contribution is 6.30. The molecule has 7 heteroatoms. The molecule has 0 aliphatic carbocycles. The Labute approximate surface area is 144 Å². The third-order valence-corrected chi connectivity index (χ3v) is 3.64. The number of likely N-dealkylation sites (N-methyl/N-ethyl adjacent to an activating group) is 1. The summed E-state index contributed by atoms with van der Waals surface area (Å²) in [6, 6.07) is 8.27. The van der Waals surface area contributed by atoms with Crippen LogP contribution in [-0.4, -0.2) is 26.6 Å². The van der Waals surface area contributed by atoms with E-state index in [9.17, 15) is 13.6 Å². The van der Waals surface area contributed by atoms with E-state index in [1.807, 2.05) is 7.05 Å². The number of nitrogens with one attached hydrogen (secondary N) is 2. The van der Waals surface area contributed by atoms with E-state index in [-0.39, 0.29) is 18.1 Å². The van der Waals surface area contributed by atoms with Crippen LogP contribution in [0.5, 0.6) is 5.75 Å². The Kier molecular flexibility index (Phi) is 6.11. The number of rotatable bonds is 6. The SMILES string of the molecule is COc1ccc(Cl)cc1C[NH+](C)CC(=O)Nc1ccc(F)cc1F. The van der Waals surface area contributed by atoms with Crippen LogP contribution in [0.25, 0.3) is 0 Å². The van der Waals surface area contributed by atoms with Gasteiger partial charge in [0.15, 0.2) is 6.54 Å². The van der Waals surface area contributed by atoms with Gasteiger partial charge < -0.3 is 15.0 Å². The van der Waals surface area contributed by atoms with Gasteiger partial charge in [0.05, 0.1) is 19.8 Å². The molecular weight excluding hydrogens is 338 g/mol. The summed E-state index contributed by atoms with van der Waals surface area (Å²) in [7, 11) is 3.38. The summed E-state index contributed by atoms with van der Waals surface area (Å²) < 4.78 is 31.7. The Morgan fingerprint density at radius 3 is 2.67 bits per heavy atom. The lowest BCUT2D eigenvalue weighted by molar-refractivity contribution is -0.885. The van der Waals surface area contributed by atoms with Gasteiger partial charge in [0, 0.05) is 16.7 Å². The van der Waals surface area contributed by atoms with Crippen LogP contribution in [0.2, 0.25) is 5.02 Å². The number of benzene rings is 2. The number of hydrogen-bond acceptors (Lipinski definition) is 2. The molecule has 2 aromatic rings. The molecule has 4 nitrogen and oxygen atoms in total. The molecule has 1 unspecified atom stereocenters. The molecule has 0 spiro atoms. The predicted octanol–water partition coefficient (Wildman–Crippen LogP) is 2.28. The number of quaternary nitrogens is 1. The molecule has 2 rings (SSSR count). The molecule has 2 aromatic carbocycles. The van der Waals surface area contributed by atoms with Crippen molar-refractivity contribution in [3.63, 3.8) is 0 Å². The molecule has 0 fully saturated rings. The van der Waals surface area contributed by atoms with Gasteiger partial charge >= 0.3 is 0 Å². The first-order valence-corrected chi connectivity index (χ1v) is 7.65. The fourth-order valence-corrected chi connectivity index (χ4v) is 2.53. The Hall–Kier alpha value is -2.18. The molecule has 1 atom stereocenters. The second-order valence-electron chi connectivity index (χ2n) is 5.44. The highest BCUT2D eigenvalue weighted by Crippen LogP contribution is 2.21. The highest BCUT2D eigenvalue weighted by atomic mass is 35.5. The van der Waals surface area contributed by atoms with Gasteiger partial charge in [0.2, 0.25) is 0 Å². The molecule has 0 heterocycles. The van der Waals surface area contributed by atoms with Gasteiger partial charge in [-0.3, -0.25) is 4.79 Å². The van der Waals surface area contributed by atoms with E-state index in [2.05, 4.69) is 5.32 Å². The molecular formula is C17H18ClF2N2O2+. The van der Waals surface area contributed by atoms with Crippen LogP contribution in [0.15, 0.2) is 36.4 Å². The molecule has 24 heavy (non-hydrogen) atoms. The largest absolute Gasteiger partial charge is 0.496 e. The van der Waals surface area contributed by atoms with Crippen molar-refractivity contribution in [1.82, 2.24) is 0 Å². The lowest BCUT2D eigenvalue weighted by atomic mass is 10.2. The van der Waals surface area contributed by atoms with Crippen molar-refractivity contribution < 1.29 is 23.2 Å². The van der Waals surface area contributed by atoms with Crippen molar-refractivity contribution in [2.45, 2.75) is 6.54 Å². The average Bonchev–Trinajstić information content (AvgIpc) is 2.50. The van der Waals surface area contributed by atoms with Crippen molar-refractivity contribution in [1.29, 1.82) is 0 Å². The van der Waals surface area contributed by atoms with E-state index >= 15 is 0 Å². The summed E-state index contributed by atoms with van der Waals surface area (Å²) in [5.74, 6) is -1.19. The summed E-state index contributed by atoms with van der Waals surface area (Å²) in [5, 5.41) is 3.02.